The number of fused-ring (bicyclic) bond motifs is 9. The number of ether oxygens (including phenoxy) is 1. The SMILES string of the molecule is CC(C)C(C(=O)O)N1C(=O)C2C3CC(C2C1=O)C1C3Sc2[nH]c(=O)sc2[C@@H]1c1cc([N+](=O)[O-])ccc1OCc1ccccc1. The second-order valence-corrected chi connectivity index (χ2v) is 14.5. The molecule has 0 spiro atoms. The second kappa shape index (κ2) is 10.6. The van der Waals surface area contributed by atoms with E-state index in [4.69, 9.17) is 4.74 Å². The van der Waals surface area contributed by atoms with Crippen molar-refractivity contribution in [1.29, 1.82) is 0 Å². The number of carboxylic acid groups (broad SMARTS) is 1. The van der Waals surface area contributed by atoms with E-state index in [0.717, 1.165) is 26.7 Å². The van der Waals surface area contributed by atoms with Crippen molar-refractivity contribution < 1.29 is 29.2 Å². The molecule has 7 rings (SSSR count). The van der Waals surface area contributed by atoms with Gasteiger partial charge in [0.05, 0.1) is 21.8 Å². The highest BCUT2D eigenvalue weighted by molar-refractivity contribution is 8.00. The Labute approximate surface area is 259 Å². The number of imide groups is 1. The first-order valence-electron chi connectivity index (χ1n) is 14.5. The number of thioether (sulfide) groups is 1. The molecule has 2 amide bonds. The average Bonchev–Trinajstić information content (AvgIpc) is 3.72. The number of nitro groups is 1. The molecular formula is C31H29N3O8S2. The number of aromatic amines is 1. The lowest BCUT2D eigenvalue weighted by Crippen LogP contribution is -2.49. The fraction of sp³-hybridized carbons (Fsp3) is 0.419. The lowest BCUT2D eigenvalue weighted by Gasteiger charge is -2.43. The second-order valence-electron chi connectivity index (χ2n) is 12.3. The lowest BCUT2D eigenvalue weighted by atomic mass is 9.68. The van der Waals surface area contributed by atoms with Gasteiger partial charge in [0.15, 0.2) is 0 Å². The van der Waals surface area contributed by atoms with Crippen LogP contribution in [-0.4, -0.2) is 49.0 Å². The largest absolute Gasteiger partial charge is 0.489 e. The number of hydrogen-bond donors (Lipinski definition) is 2. The minimum absolute atomic E-state index is 0.119. The number of hydrogen-bond acceptors (Lipinski definition) is 9. The quantitative estimate of drug-likeness (QED) is 0.206. The molecule has 2 aliphatic heterocycles. The van der Waals surface area contributed by atoms with E-state index in [0.29, 0.717) is 22.8 Å². The van der Waals surface area contributed by atoms with Gasteiger partial charge in [0.2, 0.25) is 11.8 Å². The number of aromatic nitrogens is 1. The molecule has 2 bridgehead atoms. The molecule has 8 atom stereocenters. The molecule has 1 saturated heterocycles. The summed E-state index contributed by atoms with van der Waals surface area (Å²) in [5, 5.41) is 22.4. The minimum atomic E-state index is -1.25. The molecule has 2 aromatic carbocycles. The van der Waals surface area contributed by atoms with Gasteiger partial charge in [-0.05, 0) is 41.7 Å². The van der Waals surface area contributed by atoms with Crippen molar-refractivity contribution >= 4 is 46.6 Å². The number of H-pyrrole nitrogens is 1. The molecule has 4 aliphatic rings. The molecule has 0 radical (unpaired) electrons. The van der Waals surface area contributed by atoms with Crippen molar-refractivity contribution in [2.24, 2.45) is 35.5 Å². The molecule has 7 unspecified atom stereocenters. The molecule has 2 saturated carbocycles. The summed E-state index contributed by atoms with van der Waals surface area (Å²) in [5.74, 6) is -4.65. The predicted molar refractivity (Wildman–Crippen MR) is 160 cm³/mol. The van der Waals surface area contributed by atoms with Gasteiger partial charge in [0, 0.05) is 33.7 Å². The summed E-state index contributed by atoms with van der Waals surface area (Å²) in [6, 6.07) is 12.8. The number of aliphatic carboxylic acids is 1. The molecule has 2 aliphatic carbocycles. The van der Waals surface area contributed by atoms with Crippen LogP contribution in [0.25, 0.3) is 0 Å². The van der Waals surface area contributed by atoms with Crippen LogP contribution in [0.4, 0.5) is 5.69 Å². The lowest BCUT2D eigenvalue weighted by molar-refractivity contribution is -0.385. The van der Waals surface area contributed by atoms with Gasteiger partial charge in [-0.2, -0.15) is 0 Å². The van der Waals surface area contributed by atoms with Gasteiger partial charge in [-0.1, -0.05) is 55.5 Å². The zero-order chi connectivity index (χ0) is 31.0. The Morgan fingerprint density at radius 2 is 1.82 bits per heavy atom. The third kappa shape index (κ3) is 4.31. The van der Waals surface area contributed by atoms with Gasteiger partial charge in [0.25, 0.3) is 5.69 Å². The molecule has 13 heteroatoms. The Morgan fingerprint density at radius 1 is 1.11 bits per heavy atom. The van der Waals surface area contributed by atoms with Crippen molar-refractivity contribution in [2.75, 3.05) is 0 Å². The van der Waals surface area contributed by atoms with Gasteiger partial charge < -0.3 is 14.8 Å². The maximum atomic E-state index is 13.9. The Kier molecular flexibility index (Phi) is 6.92. The molecule has 11 nitrogen and oxygen atoms in total. The fourth-order valence-corrected chi connectivity index (χ4v) is 11.0. The summed E-state index contributed by atoms with van der Waals surface area (Å²) in [6.07, 6.45) is 0.604. The van der Waals surface area contributed by atoms with Gasteiger partial charge in [-0.25, -0.2) is 4.79 Å². The van der Waals surface area contributed by atoms with Crippen LogP contribution in [0.15, 0.2) is 58.4 Å². The Bertz CT molecular complexity index is 1750. The standard InChI is InChI=1S/C31H29N3O8S2/c1-13(2)24(30(37)38)33-28(35)22-17-11-18(23(22)29(33)36)25-21(17)20(26-27(43-25)32-31(39)44-26)16-10-15(34(40)41)8-9-19(16)42-12-14-6-4-3-5-7-14/h3-10,13,17-18,20-25H,11-12H2,1-2H3,(H,32,39)(H,37,38)/t17?,18?,20-,21?,22?,23?,24?,25?/m1/s1. The summed E-state index contributed by atoms with van der Waals surface area (Å²) in [5.41, 5.74) is 1.36. The molecule has 1 aromatic heterocycles. The van der Waals surface area contributed by atoms with Crippen molar-refractivity contribution in [3.63, 3.8) is 0 Å². The van der Waals surface area contributed by atoms with E-state index in [1.54, 1.807) is 19.9 Å². The summed E-state index contributed by atoms with van der Waals surface area (Å²) >= 11 is 2.54. The zero-order valence-corrected chi connectivity index (χ0v) is 25.4. The molecule has 3 aromatic rings. The normalized spacial score (nSPS) is 29.0. The summed E-state index contributed by atoms with van der Waals surface area (Å²) < 4.78 is 6.28. The topological polar surface area (TPSA) is 160 Å². The van der Waals surface area contributed by atoms with Gasteiger partial charge in [-0.15, -0.1) is 11.8 Å². The summed E-state index contributed by atoms with van der Waals surface area (Å²) in [4.78, 5) is 68.5. The average molecular weight is 636 g/mol. The third-order valence-corrected chi connectivity index (χ3v) is 12.3. The number of non-ortho nitro benzene ring substituents is 1. The van der Waals surface area contributed by atoms with Crippen LogP contribution >= 0.6 is 23.1 Å². The van der Waals surface area contributed by atoms with E-state index >= 15 is 0 Å². The van der Waals surface area contributed by atoms with Crippen LogP contribution in [0.2, 0.25) is 0 Å². The maximum Gasteiger partial charge on any atom is 0.327 e. The number of amides is 2. The first-order valence-corrected chi connectivity index (χ1v) is 16.2. The Balaban J connectivity index is 1.33. The number of nitrogens with one attached hydrogen (secondary N) is 1. The van der Waals surface area contributed by atoms with E-state index in [2.05, 4.69) is 4.98 Å². The van der Waals surface area contributed by atoms with E-state index < -0.39 is 52.4 Å². The Hall–Kier alpha value is -3.97. The maximum absolute atomic E-state index is 13.9. The zero-order valence-electron chi connectivity index (χ0n) is 23.7. The highest BCUT2D eigenvalue weighted by Gasteiger charge is 2.70. The van der Waals surface area contributed by atoms with E-state index in [9.17, 15) is 34.4 Å². The van der Waals surface area contributed by atoms with Crippen molar-refractivity contribution in [3.8, 4) is 5.75 Å². The Morgan fingerprint density at radius 3 is 2.48 bits per heavy atom. The highest BCUT2D eigenvalue weighted by Crippen LogP contribution is 2.69. The fourth-order valence-electron chi connectivity index (χ4n) is 8.12. The number of benzene rings is 2. The third-order valence-electron chi connectivity index (χ3n) is 9.70. The van der Waals surface area contributed by atoms with Crippen LogP contribution in [-0.2, 0) is 21.0 Å². The molecule has 228 valence electrons. The molecule has 44 heavy (non-hydrogen) atoms. The van der Waals surface area contributed by atoms with E-state index in [-0.39, 0.29) is 40.2 Å². The van der Waals surface area contributed by atoms with E-state index in [1.165, 1.54) is 23.9 Å². The molecular weight excluding hydrogens is 606 g/mol. The van der Waals surface area contributed by atoms with Crippen LogP contribution in [0.1, 0.15) is 42.2 Å². The monoisotopic (exact) mass is 635 g/mol. The number of carbonyl (C=O) groups excluding carboxylic acids is 2. The number of nitro benzene ring substituents is 1. The number of carbonyl (C=O) groups is 3. The number of carboxylic acids is 1. The van der Waals surface area contributed by atoms with Crippen molar-refractivity contribution in [1.82, 2.24) is 9.88 Å². The summed E-state index contributed by atoms with van der Waals surface area (Å²) in [7, 11) is 0. The van der Waals surface area contributed by atoms with Gasteiger partial charge in [0.1, 0.15) is 18.4 Å². The number of rotatable bonds is 8. The van der Waals surface area contributed by atoms with E-state index in [1.807, 2.05) is 30.3 Å². The van der Waals surface area contributed by atoms with Crippen LogP contribution in [0.3, 0.4) is 0 Å². The number of thiazole rings is 1. The highest BCUT2D eigenvalue weighted by atomic mass is 32.2. The first-order chi connectivity index (χ1) is 21.1. The van der Waals surface area contributed by atoms with Crippen LogP contribution in [0, 0.1) is 45.6 Å². The van der Waals surface area contributed by atoms with Crippen molar-refractivity contribution in [2.45, 2.75) is 49.1 Å². The molecule has 3 fully saturated rings. The number of nitrogens with zero attached hydrogens (tertiary/aromatic N) is 2. The van der Waals surface area contributed by atoms with Gasteiger partial charge in [-0.3, -0.25) is 29.4 Å². The van der Waals surface area contributed by atoms with Crippen LogP contribution < -0.4 is 9.61 Å². The minimum Gasteiger partial charge on any atom is -0.489 e. The number of likely N-dealkylation sites (tertiary alicyclic amines) is 1. The van der Waals surface area contributed by atoms with Crippen molar-refractivity contribution in [3.05, 3.63) is 84.3 Å². The van der Waals surface area contributed by atoms with Crippen LogP contribution in [0.5, 0.6) is 5.75 Å². The smallest absolute Gasteiger partial charge is 0.327 e. The first kappa shape index (κ1) is 28.8. The van der Waals surface area contributed by atoms with Gasteiger partial charge >= 0.3 is 10.8 Å². The molecule has 3 heterocycles. The molecule has 2 N–H and O–H groups in total. The predicted octanol–water partition coefficient (Wildman–Crippen LogP) is 4.51. The summed E-state index contributed by atoms with van der Waals surface area (Å²) in [6.45, 7) is 3.59.